The van der Waals surface area contributed by atoms with Gasteiger partial charge in [-0.1, -0.05) is 0 Å². The summed E-state index contributed by atoms with van der Waals surface area (Å²) in [5.41, 5.74) is 6.01. The maximum atomic E-state index is 12.4. The molecule has 2 rings (SSSR count). The van der Waals surface area contributed by atoms with Crippen molar-refractivity contribution in [2.24, 2.45) is 5.73 Å². The number of ether oxygens (including phenoxy) is 1. The minimum atomic E-state index is -1.13. The summed E-state index contributed by atoms with van der Waals surface area (Å²) in [6.07, 6.45) is 0.286. The van der Waals surface area contributed by atoms with Crippen LogP contribution in [0.5, 0.6) is 5.75 Å². The third-order valence-corrected chi connectivity index (χ3v) is 4.91. The van der Waals surface area contributed by atoms with Crippen LogP contribution in [0.2, 0.25) is 0 Å². The van der Waals surface area contributed by atoms with Crippen molar-refractivity contribution in [3.8, 4) is 5.75 Å². The molecule has 30 heavy (non-hydrogen) atoms. The van der Waals surface area contributed by atoms with E-state index in [2.05, 4.69) is 0 Å². The van der Waals surface area contributed by atoms with Crippen LogP contribution in [-0.2, 0) is 14.4 Å². The number of hydrogen-bond acceptors (Lipinski definition) is 7. The van der Waals surface area contributed by atoms with Crippen LogP contribution in [0.25, 0.3) is 0 Å². The van der Waals surface area contributed by atoms with E-state index < -0.39 is 16.9 Å². The monoisotopic (exact) mass is 422 g/mol. The third kappa shape index (κ3) is 6.41. The lowest BCUT2D eigenvalue weighted by molar-refractivity contribution is -0.384. The fourth-order valence-electron chi connectivity index (χ4n) is 3.08. The number of nitrogens with zero attached hydrogens (tertiary/aromatic N) is 3. The van der Waals surface area contributed by atoms with Gasteiger partial charge in [0.1, 0.15) is 11.8 Å². The number of nitrogens with two attached hydrogens (primary N) is 1. The number of nitro benzene ring substituents is 1. The Bertz CT molecular complexity index is 806. The highest BCUT2D eigenvalue weighted by atomic mass is 16.6. The van der Waals surface area contributed by atoms with E-state index in [0.717, 1.165) is 0 Å². The van der Waals surface area contributed by atoms with Crippen LogP contribution < -0.4 is 10.5 Å². The minimum absolute atomic E-state index is 0.0201. The Labute approximate surface area is 173 Å². The van der Waals surface area contributed by atoms with Gasteiger partial charge < -0.3 is 25.4 Å². The number of aryl methyl sites for hydroxylation is 1. The summed E-state index contributed by atoms with van der Waals surface area (Å²) in [7, 11) is 0. The topological polar surface area (TPSA) is 156 Å². The van der Waals surface area contributed by atoms with E-state index in [1.807, 2.05) is 0 Å². The smallest absolute Gasteiger partial charge is 0.320 e. The van der Waals surface area contributed by atoms with Gasteiger partial charge in [-0.05, 0) is 25.0 Å². The Kier molecular flexibility index (Phi) is 8.10. The maximum absolute atomic E-state index is 12.4. The van der Waals surface area contributed by atoms with E-state index in [9.17, 15) is 24.5 Å². The largest absolute Gasteiger partial charge is 0.493 e. The fourth-order valence-corrected chi connectivity index (χ4v) is 3.08. The maximum Gasteiger partial charge on any atom is 0.320 e. The van der Waals surface area contributed by atoms with Gasteiger partial charge in [0.2, 0.25) is 11.8 Å². The highest BCUT2D eigenvalue weighted by Gasteiger charge is 2.25. The molecule has 11 heteroatoms. The molecule has 1 saturated heterocycles. The first-order chi connectivity index (χ1) is 14.2. The summed E-state index contributed by atoms with van der Waals surface area (Å²) in [6.45, 7) is 3.40. The molecule has 164 valence electrons. The molecule has 0 aromatic heterocycles. The Morgan fingerprint density at radius 1 is 1.17 bits per heavy atom. The molecule has 11 nitrogen and oxygen atoms in total. The molecule has 0 radical (unpaired) electrons. The Balaban J connectivity index is 1.72. The average molecular weight is 422 g/mol. The van der Waals surface area contributed by atoms with Crippen LogP contribution in [-0.4, -0.2) is 76.4 Å². The summed E-state index contributed by atoms with van der Waals surface area (Å²) in [4.78, 5) is 48.7. The first kappa shape index (κ1) is 23.1. The molecule has 1 fully saturated rings. The molecular formula is C19H26N4O7. The Morgan fingerprint density at radius 2 is 1.73 bits per heavy atom. The fraction of sp³-hybridized carbons (Fsp3) is 0.526. The predicted molar refractivity (Wildman–Crippen MR) is 106 cm³/mol. The number of piperazine rings is 1. The molecule has 0 unspecified atom stereocenters. The van der Waals surface area contributed by atoms with Crippen molar-refractivity contribution in [3.63, 3.8) is 0 Å². The van der Waals surface area contributed by atoms with Crippen molar-refractivity contribution in [1.29, 1.82) is 0 Å². The zero-order chi connectivity index (χ0) is 22.3. The number of carboxylic acids is 1. The summed E-state index contributed by atoms with van der Waals surface area (Å²) in [5.74, 6) is -0.918. The van der Waals surface area contributed by atoms with E-state index in [0.29, 0.717) is 37.5 Å². The summed E-state index contributed by atoms with van der Waals surface area (Å²) in [6, 6.07) is 3.22. The zero-order valence-corrected chi connectivity index (χ0v) is 16.8. The summed E-state index contributed by atoms with van der Waals surface area (Å²) >= 11 is 0. The predicted octanol–water partition coefficient (Wildman–Crippen LogP) is 0.535. The standard InChI is InChI=1S/C19H26N4O7/c1-13-12-14(23(28)29)2-4-16(13)30-11-6-18(25)22-9-7-21(8-10-22)17(24)5-3-15(20)19(26)27/h2,4,12,15H,3,5-11,20H2,1H3,(H,26,27)/t15-/m0/s1. The lowest BCUT2D eigenvalue weighted by atomic mass is 10.1. The number of benzene rings is 1. The van der Waals surface area contributed by atoms with Crippen molar-refractivity contribution in [3.05, 3.63) is 33.9 Å². The molecule has 1 aromatic carbocycles. The summed E-state index contributed by atoms with van der Waals surface area (Å²) < 4.78 is 5.57. The van der Waals surface area contributed by atoms with Gasteiger partial charge in [0.25, 0.3) is 5.69 Å². The number of aliphatic carboxylic acids is 1. The molecule has 1 atom stereocenters. The number of non-ortho nitro benzene ring substituents is 1. The van der Waals surface area contributed by atoms with E-state index in [-0.39, 0.29) is 43.4 Å². The molecule has 0 spiro atoms. The van der Waals surface area contributed by atoms with Gasteiger partial charge >= 0.3 is 5.97 Å². The van der Waals surface area contributed by atoms with Gasteiger partial charge in [0.15, 0.2) is 0 Å². The van der Waals surface area contributed by atoms with Crippen LogP contribution in [0.1, 0.15) is 24.8 Å². The lowest BCUT2D eigenvalue weighted by Crippen LogP contribution is -2.51. The van der Waals surface area contributed by atoms with Gasteiger partial charge in [0.05, 0.1) is 18.0 Å². The molecule has 1 aromatic rings. The molecule has 0 aliphatic carbocycles. The highest BCUT2D eigenvalue weighted by Crippen LogP contribution is 2.23. The number of carbonyl (C=O) groups is 3. The van der Waals surface area contributed by atoms with Gasteiger partial charge in [0, 0.05) is 44.7 Å². The molecule has 0 saturated carbocycles. The Hall–Kier alpha value is -3.21. The minimum Gasteiger partial charge on any atom is -0.493 e. The van der Waals surface area contributed by atoms with Gasteiger partial charge in [-0.3, -0.25) is 24.5 Å². The highest BCUT2D eigenvalue weighted by molar-refractivity contribution is 5.79. The normalized spacial score (nSPS) is 14.9. The number of hydrogen-bond donors (Lipinski definition) is 2. The lowest BCUT2D eigenvalue weighted by Gasteiger charge is -2.35. The van der Waals surface area contributed by atoms with Crippen LogP contribution >= 0.6 is 0 Å². The molecule has 2 amide bonds. The third-order valence-electron chi connectivity index (χ3n) is 4.91. The molecule has 1 aliphatic heterocycles. The second kappa shape index (κ2) is 10.5. The first-order valence-electron chi connectivity index (χ1n) is 9.61. The van der Waals surface area contributed by atoms with Crippen molar-refractivity contribution in [1.82, 2.24) is 9.80 Å². The number of rotatable bonds is 9. The molecule has 0 bridgehead atoms. The zero-order valence-electron chi connectivity index (χ0n) is 16.8. The molecular weight excluding hydrogens is 396 g/mol. The second-order valence-corrected chi connectivity index (χ2v) is 7.05. The van der Waals surface area contributed by atoms with E-state index in [1.165, 1.54) is 18.2 Å². The van der Waals surface area contributed by atoms with Gasteiger partial charge in [-0.15, -0.1) is 0 Å². The number of carboxylic acid groups (broad SMARTS) is 1. The van der Waals surface area contributed by atoms with Crippen molar-refractivity contribution in [2.75, 3.05) is 32.8 Å². The van der Waals surface area contributed by atoms with E-state index in [1.54, 1.807) is 16.7 Å². The second-order valence-electron chi connectivity index (χ2n) is 7.05. The first-order valence-corrected chi connectivity index (χ1v) is 9.61. The van der Waals surface area contributed by atoms with Crippen molar-refractivity contribution < 1.29 is 29.2 Å². The number of nitro groups is 1. The SMILES string of the molecule is Cc1cc([N+](=O)[O-])ccc1OCCC(=O)N1CCN(C(=O)CC[C@H](N)C(=O)O)CC1. The molecule has 3 N–H and O–H groups in total. The van der Waals surface area contributed by atoms with Crippen molar-refractivity contribution >= 4 is 23.5 Å². The average Bonchev–Trinajstić information content (AvgIpc) is 2.72. The van der Waals surface area contributed by atoms with E-state index in [4.69, 9.17) is 15.6 Å². The van der Waals surface area contributed by atoms with Crippen LogP contribution in [0.15, 0.2) is 18.2 Å². The molecule has 1 heterocycles. The number of amides is 2. The quantitative estimate of drug-likeness (QED) is 0.431. The number of carbonyl (C=O) groups excluding carboxylic acids is 2. The van der Waals surface area contributed by atoms with Crippen LogP contribution in [0.4, 0.5) is 5.69 Å². The van der Waals surface area contributed by atoms with Crippen LogP contribution in [0, 0.1) is 17.0 Å². The van der Waals surface area contributed by atoms with Gasteiger partial charge in [-0.2, -0.15) is 0 Å². The van der Waals surface area contributed by atoms with Crippen LogP contribution in [0.3, 0.4) is 0 Å². The van der Waals surface area contributed by atoms with Crippen molar-refractivity contribution in [2.45, 2.75) is 32.2 Å². The molecule has 1 aliphatic rings. The van der Waals surface area contributed by atoms with E-state index >= 15 is 0 Å². The summed E-state index contributed by atoms with van der Waals surface area (Å²) in [5, 5.41) is 19.5. The Morgan fingerprint density at radius 3 is 2.23 bits per heavy atom. The van der Waals surface area contributed by atoms with Gasteiger partial charge in [-0.25, -0.2) is 0 Å².